The Labute approximate surface area is 129 Å². The van der Waals surface area contributed by atoms with Crippen LogP contribution in [-0.4, -0.2) is 35.5 Å². The van der Waals surface area contributed by atoms with Crippen LogP contribution in [0.25, 0.3) is 11.0 Å². The minimum Gasteiger partial charge on any atom is -0.352 e. The predicted molar refractivity (Wildman–Crippen MR) is 85.6 cm³/mol. The lowest BCUT2D eigenvalue weighted by atomic mass is 10.1. The second-order valence-corrected chi connectivity index (χ2v) is 4.98. The third kappa shape index (κ3) is 3.83. The number of fused-ring (bicyclic) bond motifs is 1. The maximum Gasteiger partial charge on any atom is 0.224 e. The highest BCUT2D eigenvalue weighted by Gasteiger charge is 2.10. The van der Waals surface area contributed by atoms with Crippen LogP contribution in [0.5, 0.6) is 0 Å². The molecule has 2 aromatic rings. The number of pyridine rings is 1. The van der Waals surface area contributed by atoms with Crippen molar-refractivity contribution in [3.63, 3.8) is 0 Å². The highest BCUT2D eigenvalue weighted by Crippen LogP contribution is 2.15. The zero-order valence-corrected chi connectivity index (χ0v) is 12.5. The smallest absolute Gasteiger partial charge is 0.224 e. The maximum absolute atomic E-state index is 12.0. The van der Waals surface area contributed by atoms with Gasteiger partial charge in [0.05, 0.1) is 6.42 Å². The van der Waals surface area contributed by atoms with Crippen LogP contribution in [0.1, 0.15) is 12.0 Å². The van der Waals surface area contributed by atoms with E-state index in [1.807, 2.05) is 18.3 Å². The molecular formula is C15H19ClN4O. The lowest BCUT2D eigenvalue weighted by Gasteiger charge is -2.14. The molecule has 0 saturated carbocycles. The molecule has 5 nitrogen and oxygen atoms in total. The maximum atomic E-state index is 12.0. The van der Waals surface area contributed by atoms with Crippen molar-refractivity contribution in [1.82, 2.24) is 20.6 Å². The van der Waals surface area contributed by atoms with E-state index in [1.165, 1.54) is 5.57 Å². The van der Waals surface area contributed by atoms with Crippen LogP contribution in [0, 0.1) is 0 Å². The standard InChI is InChI=1S/C15H18N4O.ClH/c20-14(18-9-11-3-6-16-7-4-11)8-12-10-19-15-13(12)2-1-5-17-15;/h1-3,5,10,16H,4,6-9H2,(H,17,19)(H,18,20);1H. The summed E-state index contributed by atoms with van der Waals surface area (Å²) >= 11 is 0. The summed E-state index contributed by atoms with van der Waals surface area (Å²) in [5, 5.41) is 7.26. The fraction of sp³-hybridized carbons (Fsp3) is 0.333. The summed E-state index contributed by atoms with van der Waals surface area (Å²) in [4.78, 5) is 19.3. The zero-order valence-electron chi connectivity index (χ0n) is 11.7. The summed E-state index contributed by atoms with van der Waals surface area (Å²) in [6.07, 6.45) is 7.15. The molecular weight excluding hydrogens is 288 g/mol. The Balaban J connectivity index is 0.00000161. The third-order valence-electron chi connectivity index (χ3n) is 3.56. The first-order valence-electron chi connectivity index (χ1n) is 6.89. The van der Waals surface area contributed by atoms with Crippen molar-refractivity contribution in [3.8, 4) is 0 Å². The topological polar surface area (TPSA) is 69.8 Å². The molecule has 0 aliphatic carbocycles. The van der Waals surface area contributed by atoms with Gasteiger partial charge < -0.3 is 15.6 Å². The van der Waals surface area contributed by atoms with Gasteiger partial charge in [0.15, 0.2) is 0 Å². The number of halogens is 1. The first-order chi connectivity index (χ1) is 9.83. The first-order valence-corrected chi connectivity index (χ1v) is 6.89. The number of aromatic amines is 1. The normalized spacial score (nSPS) is 14.4. The highest BCUT2D eigenvalue weighted by atomic mass is 35.5. The van der Waals surface area contributed by atoms with E-state index in [1.54, 1.807) is 6.20 Å². The SMILES string of the molecule is Cl.O=C(Cc1c[nH]c2ncccc12)NCC1=CCNCC1. The van der Waals surface area contributed by atoms with Crippen LogP contribution in [0.3, 0.4) is 0 Å². The summed E-state index contributed by atoms with van der Waals surface area (Å²) in [6, 6.07) is 3.87. The number of hydrogen-bond donors (Lipinski definition) is 3. The third-order valence-corrected chi connectivity index (χ3v) is 3.56. The highest BCUT2D eigenvalue weighted by molar-refractivity contribution is 5.87. The second kappa shape index (κ2) is 7.24. The Hall–Kier alpha value is -1.85. The van der Waals surface area contributed by atoms with E-state index in [0.717, 1.165) is 36.1 Å². The van der Waals surface area contributed by atoms with E-state index in [0.29, 0.717) is 13.0 Å². The number of carbonyl (C=O) groups excluding carboxylic acids is 1. The molecule has 112 valence electrons. The predicted octanol–water partition coefficient (Wildman–Crippen LogP) is 1.56. The minimum atomic E-state index is 0. The van der Waals surface area contributed by atoms with Gasteiger partial charge in [-0.3, -0.25) is 4.79 Å². The molecule has 0 fully saturated rings. The number of hydrogen-bond acceptors (Lipinski definition) is 3. The Morgan fingerprint density at radius 3 is 3.14 bits per heavy atom. The average Bonchev–Trinajstić information content (AvgIpc) is 2.90. The van der Waals surface area contributed by atoms with Gasteiger partial charge in [-0.2, -0.15) is 0 Å². The van der Waals surface area contributed by atoms with E-state index >= 15 is 0 Å². The molecule has 0 aromatic carbocycles. The summed E-state index contributed by atoms with van der Waals surface area (Å²) < 4.78 is 0. The molecule has 6 heteroatoms. The molecule has 3 N–H and O–H groups in total. The van der Waals surface area contributed by atoms with Gasteiger partial charge in [0.1, 0.15) is 5.65 Å². The van der Waals surface area contributed by atoms with E-state index in [2.05, 4.69) is 26.7 Å². The summed E-state index contributed by atoms with van der Waals surface area (Å²) in [5.74, 6) is 0.0502. The van der Waals surface area contributed by atoms with Gasteiger partial charge in [-0.25, -0.2) is 4.98 Å². The van der Waals surface area contributed by atoms with Crippen LogP contribution in [-0.2, 0) is 11.2 Å². The molecule has 0 bridgehead atoms. The van der Waals surface area contributed by atoms with Gasteiger partial charge in [-0.1, -0.05) is 11.6 Å². The lowest BCUT2D eigenvalue weighted by Crippen LogP contribution is -2.30. The Morgan fingerprint density at radius 2 is 2.33 bits per heavy atom. The first kappa shape index (κ1) is 15.5. The number of amides is 1. The van der Waals surface area contributed by atoms with Crippen LogP contribution >= 0.6 is 12.4 Å². The van der Waals surface area contributed by atoms with Gasteiger partial charge >= 0.3 is 0 Å². The van der Waals surface area contributed by atoms with Crippen molar-refractivity contribution in [2.45, 2.75) is 12.8 Å². The van der Waals surface area contributed by atoms with Gasteiger partial charge in [0.25, 0.3) is 0 Å². The van der Waals surface area contributed by atoms with Crippen molar-refractivity contribution < 1.29 is 4.79 Å². The molecule has 3 rings (SSSR count). The van der Waals surface area contributed by atoms with Crippen molar-refractivity contribution in [2.24, 2.45) is 0 Å². The molecule has 1 aliphatic heterocycles. The molecule has 1 aliphatic rings. The summed E-state index contributed by atoms with van der Waals surface area (Å²) in [5.41, 5.74) is 3.12. The van der Waals surface area contributed by atoms with Crippen LogP contribution in [0.2, 0.25) is 0 Å². The van der Waals surface area contributed by atoms with Gasteiger partial charge in [0, 0.05) is 30.9 Å². The number of nitrogens with one attached hydrogen (secondary N) is 3. The monoisotopic (exact) mass is 306 g/mol. The molecule has 0 spiro atoms. The quantitative estimate of drug-likeness (QED) is 0.751. The van der Waals surface area contributed by atoms with Gasteiger partial charge in [-0.05, 0) is 30.7 Å². The van der Waals surface area contributed by atoms with Crippen molar-refractivity contribution in [1.29, 1.82) is 0 Å². The molecule has 0 saturated heterocycles. The molecule has 0 atom stereocenters. The molecule has 1 amide bonds. The number of rotatable bonds is 4. The summed E-state index contributed by atoms with van der Waals surface area (Å²) in [6.45, 7) is 2.55. The van der Waals surface area contributed by atoms with Crippen molar-refractivity contribution in [2.75, 3.05) is 19.6 Å². The zero-order chi connectivity index (χ0) is 13.8. The fourth-order valence-corrected chi connectivity index (χ4v) is 2.44. The van der Waals surface area contributed by atoms with Crippen LogP contribution in [0.15, 0.2) is 36.2 Å². The molecule has 2 aromatic heterocycles. The fourth-order valence-electron chi connectivity index (χ4n) is 2.44. The minimum absolute atomic E-state index is 0. The average molecular weight is 307 g/mol. The van der Waals surface area contributed by atoms with E-state index in [4.69, 9.17) is 0 Å². The number of aromatic nitrogens is 2. The van der Waals surface area contributed by atoms with Gasteiger partial charge in [-0.15, -0.1) is 12.4 Å². The van der Waals surface area contributed by atoms with Gasteiger partial charge in [0.2, 0.25) is 5.91 Å². The number of nitrogens with zero attached hydrogens (tertiary/aromatic N) is 1. The van der Waals surface area contributed by atoms with Crippen molar-refractivity contribution >= 4 is 29.3 Å². The molecule has 21 heavy (non-hydrogen) atoms. The van der Waals surface area contributed by atoms with Crippen LogP contribution in [0.4, 0.5) is 0 Å². The van der Waals surface area contributed by atoms with Crippen molar-refractivity contribution in [3.05, 3.63) is 41.7 Å². The Morgan fingerprint density at radius 1 is 1.43 bits per heavy atom. The summed E-state index contributed by atoms with van der Waals surface area (Å²) in [7, 11) is 0. The Bertz CT molecular complexity index is 650. The Kier molecular flexibility index (Phi) is 5.36. The molecule has 3 heterocycles. The van der Waals surface area contributed by atoms with E-state index in [-0.39, 0.29) is 18.3 Å². The molecule has 0 radical (unpaired) electrons. The molecule has 0 unspecified atom stereocenters. The number of carbonyl (C=O) groups is 1. The second-order valence-electron chi connectivity index (χ2n) is 4.98. The largest absolute Gasteiger partial charge is 0.352 e. The number of H-pyrrole nitrogens is 1. The lowest BCUT2D eigenvalue weighted by molar-refractivity contribution is -0.120. The van der Waals surface area contributed by atoms with Crippen LogP contribution < -0.4 is 10.6 Å². The van der Waals surface area contributed by atoms with E-state index < -0.39 is 0 Å². The van der Waals surface area contributed by atoms with E-state index in [9.17, 15) is 4.79 Å².